The Hall–Kier alpha value is -3.32. The van der Waals surface area contributed by atoms with E-state index in [0.29, 0.717) is 28.4 Å². The molecule has 40 heavy (non-hydrogen) atoms. The highest BCUT2D eigenvalue weighted by molar-refractivity contribution is 7.92. The average Bonchev–Trinajstić information content (AvgIpc) is 3.49. The number of hydrogen-bond donors (Lipinski definition) is 2. The first-order valence-corrected chi connectivity index (χ1v) is 15.3. The zero-order valence-corrected chi connectivity index (χ0v) is 23.0. The maximum absolute atomic E-state index is 13.6. The first kappa shape index (κ1) is 26.9. The third-order valence-corrected chi connectivity index (χ3v) is 9.56. The van der Waals surface area contributed by atoms with Crippen molar-refractivity contribution in [1.29, 1.82) is 0 Å². The van der Waals surface area contributed by atoms with E-state index in [0.717, 1.165) is 37.2 Å². The number of hydrogen-bond acceptors (Lipinski definition) is 8. The summed E-state index contributed by atoms with van der Waals surface area (Å²) in [6, 6.07) is 10.8. The van der Waals surface area contributed by atoms with Crippen LogP contribution in [0.2, 0.25) is 0 Å². The van der Waals surface area contributed by atoms with Gasteiger partial charge in [-0.05, 0) is 61.4 Å². The number of nitrogens with zero attached hydrogens (tertiary/aromatic N) is 6. The Kier molecular flexibility index (Phi) is 6.89. The fraction of sp³-hybridized carbons (Fsp3) is 0.519. The lowest BCUT2D eigenvalue weighted by Crippen LogP contribution is -2.39. The molecule has 2 aromatic heterocycles. The predicted octanol–water partition coefficient (Wildman–Crippen LogP) is 3.68. The van der Waals surface area contributed by atoms with Crippen LogP contribution in [0.3, 0.4) is 0 Å². The molecule has 3 fully saturated rings. The van der Waals surface area contributed by atoms with Crippen LogP contribution in [-0.4, -0.2) is 78.0 Å². The van der Waals surface area contributed by atoms with Gasteiger partial charge in [0, 0.05) is 50.3 Å². The van der Waals surface area contributed by atoms with Gasteiger partial charge < -0.3 is 14.9 Å². The second-order valence-corrected chi connectivity index (χ2v) is 13.0. The van der Waals surface area contributed by atoms with Crippen LogP contribution in [0.25, 0.3) is 17.1 Å². The van der Waals surface area contributed by atoms with Crippen LogP contribution in [0.15, 0.2) is 42.6 Å². The summed E-state index contributed by atoms with van der Waals surface area (Å²) in [7, 11) is -3.67. The number of sulfonamides is 1. The highest BCUT2D eigenvalue weighted by Gasteiger charge is 2.44. The molecule has 3 aliphatic rings. The zero-order chi connectivity index (χ0) is 28.0. The van der Waals surface area contributed by atoms with Crippen LogP contribution < -0.4 is 14.5 Å². The molecular weight excluding hydrogens is 540 g/mol. The minimum absolute atomic E-state index is 0.196. The summed E-state index contributed by atoms with van der Waals surface area (Å²) < 4.78 is 56.0. The van der Waals surface area contributed by atoms with Gasteiger partial charge in [-0.3, -0.25) is 4.72 Å². The molecule has 1 saturated carbocycles. The molecule has 13 heteroatoms. The number of anilines is 3. The predicted molar refractivity (Wildman–Crippen MR) is 149 cm³/mol. The SMILES string of the molecule is O=S(=O)(CCO)Nc1ccc(-c2cn(-c3cccc(N4CCC(F)(F)CC4)n3)nn2)c(N2CCC3(CC2)CC3)c1. The van der Waals surface area contributed by atoms with Crippen molar-refractivity contribution in [3.8, 4) is 17.1 Å². The molecule has 0 atom stereocenters. The fourth-order valence-electron chi connectivity index (χ4n) is 5.60. The second-order valence-electron chi connectivity index (χ2n) is 11.1. The molecule has 0 unspecified atom stereocenters. The molecule has 10 nitrogen and oxygen atoms in total. The lowest BCUT2D eigenvalue weighted by Gasteiger charge is -2.35. The molecule has 3 aromatic rings. The molecule has 214 valence electrons. The summed E-state index contributed by atoms with van der Waals surface area (Å²) >= 11 is 0. The van der Waals surface area contributed by atoms with Crippen LogP contribution in [0.5, 0.6) is 0 Å². The summed E-state index contributed by atoms with van der Waals surface area (Å²) in [6.45, 7) is 1.75. The fourth-order valence-corrected chi connectivity index (χ4v) is 6.43. The van der Waals surface area contributed by atoms with E-state index in [-0.39, 0.29) is 31.7 Å². The van der Waals surface area contributed by atoms with Crippen LogP contribution in [-0.2, 0) is 10.0 Å². The summed E-state index contributed by atoms with van der Waals surface area (Å²) in [5.74, 6) is -1.87. The molecular formula is C27H33F2N7O3S. The molecule has 4 heterocycles. The minimum atomic E-state index is -3.67. The van der Waals surface area contributed by atoms with Crippen molar-refractivity contribution in [2.75, 3.05) is 53.1 Å². The summed E-state index contributed by atoms with van der Waals surface area (Å²) in [5.41, 5.74) is 3.19. The van der Waals surface area contributed by atoms with Crippen molar-refractivity contribution < 1.29 is 22.3 Å². The number of aromatic nitrogens is 4. The Morgan fingerprint density at radius 2 is 1.62 bits per heavy atom. The van der Waals surface area contributed by atoms with Crippen molar-refractivity contribution in [3.05, 3.63) is 42.6 Å². The van der Waals surface area contributed by atoms with Gasteiger partial charge >= 0.3 is 0 Å². The van der Waals surface area contributed by atoms with E-state index in [4.69, 9.17) is 5.11 Å². The van der Waals surface area contributed by atoms with Gasteiger partial charge in [-0.15, -0.1) is 5.10 Å². The number of alkyl halides is 2. The number of pyridine rings is 1. The molecule has 2 saturated heterocycles. The van der Waals surface area contributed by atoms with Gasteiger partial charge in [-0.25, -0.2) is 26.9 Å². The Labute approximate surface area is 232 Å². The quantitative estimate of drug-likeness (QED) is 0.419. The van der Waals surface area contributed by atoms with E-state index in [1.807, 2.05) is 29.2 Å². The van der Waals surface area contributed by atoms with E-state index in [9.17, 15) is 17.2 Å². The van der Waals surface area contributed by atoms with Gasteiger partial charge in [0.25, 0.3) is 5.92 Å². The standard InChI is InChI=1S/C27H33F2N7O3S/c28-27(29)10-14-35(15-11-27)24-2-1-3-25(30-24)36-19-22(31-33-36)21-5-4-20(32-40(38,39)17-16-37)18-23(21)34-12-8-26(6-7-26)9-13-34/h1-5,18-19,32,37H,6-17H2. The second kappa shape index (κ2) is 10.3. The van der Waals surface area contributed by atoms with E-state index in [2.05, 4.69) is 24.9 Å². The third kappa shape index (κ3) is 5.75. The molecule has 1 aromatic carbocycles. The highest BCUT2D eigenvalue weighted by atomic mass is 32.2. The van der Waals surface area contributed by atoms with Gasteiger partial charge in [0.1, 0.15) is 11.5 Å². The van der Waals surface area contributed by atoms with Crippen LogP contribution in [0.1, 0.15) is 38.5 Å². The third-order valence-electron chi connectivity index (χ3n) is 8.30. The van der Waals surface area contributed by atoms with Crippen molar-refractivity contribution in [3.63, 3.8) is 0 Å². The van der Waals surface area contributed by atoms with Gasteiger partial charge in [-0.2, -0.15) is 0 Å². The van der Waals surface area contributed by atoms with Crippen molar-refractivity contribution in [1.82, 2.24) is 20.0 Å². The Balaban J connectivity index is 1.28. The number of piperidine rings is 2. The molecule has 1 spiro atoms. The molecule has 2 N–H and O–H groups in total. The van der Waals surface area contributed by atoms with E-state index in [1.54, 1.807) is 23.0 Å². The van der Waals surface area contributed by atoms with Gasteiger partial charge in [-0.1, -0.05) is 11.3 Å². The zero-order valence-electron chi connectivity index (χ0n) is 22.1. The molecule has 1 aliphatic carbocycles. The number of aliphatic hydroxyl groups excluding tert-OH is 1. The molecule has 2 aliphatic heterocycles. The van der Waals surface area contributed by atoms with E-state index in [1.165, 1.54) is 12.8 Å². The van der Waals surface area contributed by atoms with Crippen molar-refractivity contribution in [2.24, 2.45) is 5.41 Å². The lowest BCUT2D eigenvalue weighted by molar-refractivity contribution is -0.0221. The van der Waals surface area contributed by atoms with Gasteiger partial charge in [0.15, 0.2) is 5.82 Å². The normalized spacial score (nSPS) is 20.1. The molecule has 0 amide bonds. The first-order valence-electron chi connectivity index (χ1n) is 13.7. The van der Waals surface area contributed by atoms with Gasteiger partial charge in [0.2, 0.25) is 10.0 Å². The van der Waals surface area contributed by atoms with Crippen molar-refractivity contribution >= 4 is 27.2 Å². The number of halogens is 2. The smallest absolute Gasteiger partial charge is 0.251 e. The van der Waals surface area contributed by atoms with Crippen LogP contribution >= 0.6 is 0 Å². The summed E-state index contributed by atoms with van der Waals surface area (Å²) in [4.78, 5) is 8.79. The first-order chi connectivity index (χ1) is 19.1. The highest BCUT2D eigenvalue weighted by Crippen LogP contribution is 2.54. The Bertz CT molecular complexity index is 1470. The molecule has 0 bridgehead atoms. The maximum atomic E-state index is 13.6. The maximum Gasteiger partial charge on any atom is 0.251 e. The molecule has 6 rings (SSSR count). The lowest BCUT2D eigenvalue weighted by atomic mass is 9.93. The van der Waals surface area contributed by atoms with Crippen LogP contribution in [0.4, 0.5) is 26.0 Å². The van der Waals surface area contributed by atoms with Crippen molar-refractivity contribution in [2.45, 2.75) is 44.4 Å². The summed E-state index contributed by atoms with van der Waals surface area (Å²) in [6.07, 6.45) is 6.12. The van der Waals surface area contributed by atoms with Gasteiger partial charge in [0.05, 0.1) is 24.2 Å². The number of aliphatic hydroxyl groups is 1. The monoisotopic (exact) mass is 573 g/mol. The van der Waals surface area contributed by atoms with Crippen LogP contribution in [0, 0.1) is 5.41 Å². The molecule has 0 radical (unpaired) electrons. The number of benzene rings is 1. The number of rotatable bonds is 8. The minimum Gasteiger partial charge on any atom is -0.395 e. The number of nitrogens with one attached hydrogen (secondary N) is 1. The van der Waals surface area contributed by atoms with E-state index < -0.39 is 22.6 Å². The Morgan fingerprint density at radius 1 is 0.925 bits per heavy atom. The topological polar surface area (TPSA) is 116 Å². The Morgan fingerprint density at radius 3 is 2.33 bits per heavy atom. The average molecular weight is 574 g/mol. The largest absolute Gasteiger partial charge is 0.395 e. The summed E-state index contributed by atoms with van der Waals surface area (Å²) in [5, 5.41) is 17.8. The van der Waals surface area contributed by atoms with E-state index >= 15 is 0 Å².